The lowest BCUT2D eigenvalue weighted by Gasteiger charge is -2.15. The molecule has 0 aliphatic heterocycles. The maximum atomic E-state index is 14.7. The van der Waals surface area contributed by atoms with Gasteiger partial charge in [0.2, 0.25) is 0 Å². The second-order valence-corrected chi connectivity index (χ2v) is 6.58. The molecule has 12 heteroatoms. The van der Waals surface area contributed by atoms with E-state index in [1.54, 1.807) is 0 Å². The highest BCUT2D eigenvalue weighted by Gasteiger charge is 2.33. The van der Waals surface area contributed by atoms with Crippen molar-refractivity contribution in [3.8, 4) is 22.4 Å². The highest BCUT2D eigenvalue weighted by Crippen LogP contribution is 2.35. The third-order valence-corrected chi connectivity index (χ3v) is 4.27. The lowest BCUT2D eigenvalue weighted by atomic mass is 9.95. The topological polar surface area (TPSA) is 80.9 Å². The van der Waals surface area contributed by atoms with Gasteiger partial charge in [-0.15, -0.1) is 0 Å². The van der Waals surface area contributed by atoms with E-state index in [1.165, 1.54) is 29.8 Å². The zero-order valence-electron chi connectivity index (χ0n) is 15.9. The van der Waals surface area contributed by atoms with Crippen molar-refractivity contribution in [1.82, 2.24) is 15.3 Å². The Bertz CT molecular complexity index is 1140. The fourth-order valence-electron chi connectivity index (χ4n) is 2.80. The molecule has 168 valence electrons. The molecule has 3 aromatic rings. The molecule has 0 saturated carbocycles. The molecule has 1 amide bonds. The highest BCUT2D eigenvalue weighted by molar-refractivity contribution is 6.01. The van der Waals surface area contributed by atoms with Crippen LogP contribution < -0.4 is 11.1 Å². The van der Waals surface area contributed by atoms with Crippen molar-refractivity contribution in [3.63, 3.8) is 0 Å². The lowest BCUT2D eigenvalue weighted by Crippen LogP contribution is -2.34. The maximum absolute atomic E-state index is 14.7. The van der Waals surface area contributed by atoms with E-state index in [1.807, 2.05) is 0 Å². The van der Waals surface area contributed by atoms with Crippen molar-refractivity contribution in [3.05, 3.63) is 65.7 Å². The van der Waals surface area contributed by atoms with Crippen molar-refractivity contribution < 1.29 is 35.5 Å². The van der Waals surface area contributed by atoms with E-state index in [2.05, 4.69) is 9.97 Å². The van der Waals surface area contributed by atoms with Gasteiger partial charge >= 0.3 is 12.4 Å². The molecule has 0 spiro atoms. The van der Waals surface area contributed by atoms with Gasteiger partial charge in [-0.1, -0.05) is 12.1 Å². The largest absolute Gasteiger partial charge is 0.416 e. The molecule has 0 fully saturated rings. The van der Waals surface area contributed by atoms with E-state index in [0.29, 0.717) is 12.1 Å². The van der Waals surface area contributed by atoms with E-state index in [-0.39, 0.29) is 28.2 Å². The van der Waals surface area contributed by atoms with Crippen LogP contribution in [0, 0.1) is 5.82 Å². The molecule has 0 radical (unpaired) electrons. The van der Waals surface area contributed by atoms with Gasteiger partial charge in [-0.3, -0.25) is 9.78 Å². The number of benzene rings is 2. The smallest absolute Gasteiger partial charge is 0.382 e. The number of anilines is 1. The molecular formula is C20H13F7N4O. The Morgan fingerprint density at radius 2 is 1.62 bits per heavy atom. The first-order chi connectivity index (χ1) is 14.8. The zero-order valence-corrected chi connectivity index (χ0v) is 15.9. The fourth-order valence-corrected chi connectivity index (χ4v) is 2.80. The molecule has 0 bridgehead atoms. The van der Waals surface area contributed by atoms with Crippen molar-refractivity contribution >= 4 is 11.7 Å². The standard InChI is InChI=1S/C20H13F7N4O/c21-15-5-10(1-3-13(15)16-7-30-17(28)8-29-16)12-4-2-11(20(25,26)27)6-14(12)18(32)31-9-19(22,23)24/h1-8H,9H2,(H2,28,30)(H,31,32). The van der Waals surface area contributed by atoms with E-state index in [4.69, 9.17) is 5.73 Å². The predicted octanol–water partition coefficient (Wildman–Crippen LogP) is 4.84. The third kappa shape index (κ3) is 5.31. The van der Waals surface area contributed by atoms with E-state index in [9.17, 15) is 35.5 Å². The van der Waals surface area contributed by atoms with Crippen molar-refractivity contribution in [2.24, 2.45) is 0 Å². The van der Waals surface area contributed by atoms with Crippen LogP contribution in [-0.4, -0.2) is 28.6 Å². The summed E-state index contributed by atoms with van der Waals surface area (Å²) in [6.07, 6.45) is -7.21. The Kier molecular flexibility index (Phi) is 6.06. The molecule has 1 heterocycles. The van der Waals surface area contributed by atoms with E-state index >= 15 is 0 Å². The lowest BCUT2D eigenvalue weighted by molar-refractivity contribution is -0.137. The number of hydrogen-bond acceptors (Lipinski definition) is 4. The van der Waals surface area contributed by atoms with Crippen LogP contribution in [0.2, 0.25) is 0 Å². The average Bonchev–Trinajstić information content (AvgIpc) is 2.71. The minimum atomic E-state index is -4.85. The second kappa shape index (κ2) is 8.44. The van der Waals surface area contributed by atoms with Gasteiger partial charge in [0.05, 0.1) is 23.7 Å². The van der Waals surface area contributed by atoms with Crippen LogP contribution in [0.3, 0.4) is 0 Å². The summed E-state index contributed by atoms with van der Waals surface area (Å²) < 4.78 is 91.3. The summed E-state index contributed by atoms with van der Waals surface area (Å²) >= 11 is 0. The van der Waals surface area contributed by atoms with Crippen molar-refractivity contribution in [1.29, 1.82) is 0 Å². The molecular weight excluding hydrogens is 445 g/mol. The molecule has 0 aliphatic rings. The number of aromatic nitrogens is 2. The summed E-state index contributed by atoms with van der Waals surface area (Å²) in [7, 11) is 0. The summed E-state index contributed by atoms with van der Waals surface area (Å²) in [6, 6.07) is 5.42. The first-order valence-electron chi connectivity index (χ1n) is 8.79. The fraction of sp³-hybridized carbons (Fsp3) is 0.150. The maximum Gasteiger partial charge on any atom is 0.416 e. The normalized spacial score (nSPS) is 12.0. The molecule has 0 saturated heterocycles. The number of halogens is 7. The van der Waals surface area contributed by atoms with Gasteiger partial charge in [0.15, 0.2) is 0 Å². The van der Waals surface area contributed by atoms with Gasteiger partial charge in [-0.25, -0.2) is 9.37 Å². The van der Waals surface area contributed by atoms with Crippen LogP contribution in [0.25, 0.3) is 22.4 Å². The molecule has 3 N–H and O–H groups in total. The van der Waals surface area contributed by atoms with Gasteiger partial charge in [0, 0.05) is 11.1 Å². The van der Waals surface area contributed by atoms with Crippen LogP contribution in [0.15, 0.2) is 48.8 Å². The van der Waals surface area contributed by atoms with Crippen LogP contribution in [0.5, 0.6) is 0 Å². The Morgan fingerprint density at radius 1 is 0.938 bits per heavy atom. The second-order valence-electron chi connectivity index (χ2n) is 6.58. The Hall–Kier alpha value is -3.70. The van der Waals surface area contributed by atoms with Gasteiger partial charge in [0.25, 0.3) is 5.91 Å². The van der Waals surface area contributed by atoms with E-state index < -0.39 is 41.7 Å². The number of alkyl halides is 6. The number of carbonyl (C=O) groups is 1. The van der Waals surface area contributed by atoms with Crippen LogP contribution in [0.4, 0.5) is 36.6 Å². The number of nitrogens with one attached hydrogen (secondary N) is 1. The number of rotatable bonds is 4. The van der Waals surface area contributed by atoms with Gasteiger partial charge in [-0.05, 0) is 35.4 Å². The van der Waals surface area contributed by atoms with Crippen molar-refractivity contribution in [2.45, 2.75) is 12.4 Å². The number of nitrogens with two attached hydrogens (primary N) is 1. The Labute approximate surface area is 176 Å². The number of carbonyl (C=O) groups excluding carboxylic acids is 1. The molecule has 0 aliphatic carbocycles. The molecule has 0 atom stereocenters. The Balaban J connectivity index is 2.05. The molecule has 0 unspecified atom stereocenters. The minimum absolute atomic E-state index is 0.00349. The first-order valence-corrected chi connectivity index (χ1v) is 8.79. The molecule has 1 aromatic heterocycles. The molecule has 3 rings (SSSR count). The number of amides is 1. The Morgan fingerprint density at radius 3 is 2.19 bits per heavy atom. The summed E-state index contributed by atoms with van der Waals surface area (Å²) in [6.45, 7) is -1.75. The zero-order chi connectivity index (χ0) is 23.7. The first kappa shape index (κ1) is 23.0. The predicted molar refractivity (Wildman–Crippen MR) is 101 cm³/mol. The minimum Gasteiger partial charge on any atom is -0.382 e. The van der Waals surface area contributed by atoms with Gasteiger partial charge in [-0.2, -0.15) is 26.3 Å². The highest BCUT2D eigenvalue weighted by atomic mass is 19.4. The summed E-state index contributed by atoms with van der Waals surface area (Å²) in [5, 5.41) is 1.53. The van der Waals surface area contributed by atoms with E-state index in [0.717, 1.165) is 12.1 Å². The summed E-state index contributed by atoms with van der Waals surface area (Å²) in [5.74, 6) is -2.13. The average molecular weight is 458 g/mol. The summed E-state index contributed by atoms with van der Waals surface area (Å²) in [5.41, 5.74) is 3.40. The van der Waals surface area contributed by atoms with Gasteiger partial charge < -0.3 is 11.1 Å². The monoisotopic (exact) mass is 458 g/mol. The SMILES string of the molecule is Nc1cnc(-c2ccc(-c3ccc(C(F)(F)F)cc3C(=O)NCC(F)(F)F)cc2F)cn1. The van der Waals surface area contributed by atoms with Crippen molar-refractivity contribution in [2.75, 3.05) is 12.3 Å². The number of nitrogen functional groups attached to an aromatic ring is 1. The molecule has 5 nitrogen and oxygen atoms in total. The number of nitrogens with zero attached hydrogens (tertiary/aromatic N) is 2. The number of hydrogen-bond donors (Lipinski definition) is 2. The quantitative estimate of drug-likeness (QED) is 0.549. The van der Waals surface area contributed by atoms with Crippen LogP contribution >= 0.6 is 0 Å². The third-order valence-electron chi connectivity index (χ3n) is 4.27. The van der Waals surface area contributed by atoms with Gasteiger partial charge in [0.1, 0.15) is 18.2 Å². The summed E-state index contributed by atoms with van der Waals surface area (Å²) in [4.78, 5) is 20.0. The van der Waals surface area contributed by atoms with Crippen LogP contribution in [-0.2, 0) is 6.18 Å². The van der Waals surface area contributed by atoms with Crippen LogP contribution in [0.1, 0.15) is 15.9 Å². The molecule has 2 aromatic carbocycles. The molecule has 32 heavy (non-hydrogen) atoms.